The summed E-state index contributed by atoms with van der Waals surface area (Å²) in [5.74, 6) is -0.00759. The first-order valence-electron chi connectivity index (χ1n) is 6.13. The van der Waals surface area contributed by atoms with E-state index in [1.807, 2.05) is 0 Å². The SMILES string of the molecule is OC(Cc1c(Cl)cccc1Cl)c1cccc(OC(F)F)c1. The average molecular weight is 333 g/mol. The van der Waals surface area contributed by atoms with Crippen molar-refractivity contribution in [2.45, 2.75) is 19.1 Å². The molecule has 0 aromatic heterocycles. The maximum Gasteiger partial charge on any atom is 0.387 e. The van der Waals surface area contributed by atoms with Crippen molar-refractivity contribution >= 4 is 23.2 Å². The third-order valence-corrected chi connectivity index (χ3v) is 3.64. The lowest BCUT2D eigenvalue weighted by Gasteiger charge is -2.14. The number of hydrogen-bond donors (Lipinski definition) is 1. The summed E-state index contributed by atoms with van der Waals surface area (Å²) in [5, 5.41) is 11.1. The molecule has 112 valence electrons. The number of rotatable bonds is 5. The standard InChI is InChI=1S/C15H12Cl2F2O2/c16-12-5-2-6-13(17)11(12)8-14(20)9-3-1-4-10(7-9)21-15(18)19/h1-7,14-15,20H,8H2. The summed E-state index contributed by atoms with van der Waals surface area (Å²) >= 11 is 12.1. The van der Waals surface area contributed by atoms with Gasteiger partial charge in [-0.3, -0.25) is 0 Å². The van der Waals surface area contributed by atoms with Crippen LogP contribution in [0, 0.1) is 0 Å². The van der Waals surface area contributed by atoms with Crippen LogP contribution in [0.25, 0.3) is 0 Å². The van der Waals surface area contributed by atoms with E-state index in [1.54, 1.807) is 24.3 Å². The maximum atomic E-state index is 12.2. The van der Waals surface area contributed by atoms with Crippen LogP contribution in [0.3, 0.4) is 0 Å². The van der Waals surface area contributed by atoms with E-state index in [9.17, 15) is 13.9 Å². The second-order valence-corrected chi connectivity index (χ2v) is 5.19. The van der Waals surface area contributed by atoms with Gasteiger partial charge in [0.1, 0.15) is 5.75 Å². The van der Waals surface area contributed by atoms with Gasteiger partial charge in [-0.05, 0) is 35.4 Å². The molecule has 6 heteroatoms. The molecule has 1 N–H and O–H groups in total. The molecule has 0 fully saturated rings. The van der Waals surface area contributed by atoms with Gasteiger partial charge < -0.3 is 9.84 Å². The van der Waals surface area contributed by atoms with Crippen LogP contribution in [-0.4, -0.2) is 11.7 Å². The minimum atomic E-state index is -2.91. The van der Waals surface area contributed by atoms with E-state index in [2.05, 4.69) is 4.74 Å². The van der Waals surface area contributed by atoms with Gasteiger partial charge in [0, 0.05) is 16.5 Å². The Labute approximate surface area is 130 Å². The first kappa shape index (κ1) is 16.0. The van der Waals surface area contributed by atoms with Crippen LogP contribution >= 0.6 is 23.2 Å². The predicted octanol–water partition coefficient (Wildman–Crippen LogP) is 4.87. The Balaban J connectivity index is 2.18. The smallest absolute Gasteiger partial charge is 0.387 e. The van der Waals surface area contributed by atoms with Crippen LogP contribution in [0.1, 0.15) is 17.2 Å². The number of alkyl halides is 2. The van der Waals surface area contributed by atoms with Gasteiger partial charge in [0.05, 0.1) is 6.10 Å². The number of halogens is 4. The Kier molecular flexibility index (Phi) is 5.39. The molecule has 0 saturated carbocycles. The molecule has 1 unspecified atom stereocenters. The molecule has 0 aliphatic heterocycles. The largest absolute Gasteiger partial charge is 0.435 e. The van der Waals surface area contributed by atoms with Crippen LogP contribution in [0.5, 0.6) is 5.75 Å². The minimum Gasteiger partial charge on any atom is -0.435 e. The molecule has 0 saturated heterocycles. The van der Waals surface area contributed by atoms with Crippen molar-refractivity contribution in [2.24, 2.45) is 0 Å². The van der Waals surface area contributed by atoms with Crippen molar-refractivity contribution in [3.63, 3.8) is 0 Å². The molecule has 0 spiro atoms. The van der Waals surface area contributed by atoms with Crippen LogP contribution in [0.2, 0.25) is 10.0 Å². The lowest BCUT2D eigenvalue weighted by molar-refractivity contribution is -0.0499. The lowest BCUT2D eigenvalue weighted by Crippen LogP contribution is -2.05. The molecule has 2 aromatic carbocycles. The van der Waals surface area contributed by atoms with Crippen molar-refractivity contribution in [3.8, 4) is 5.75 Å². The molecule has 2 nitrogen and oxygen atoms in total. The minimum absolute atomic E-state index is 0.00759. The van der Waals surface area contributed by atoms with E-state index >= 15 is 0 Å². The summed E-state index contributed by atoms with van der Waals surface area (Å²) in [5.41, 5.74) is 1.05. The molecular weight excluding hydrogens is 321 g/mol. The fourth-order valence-corrected chi connectivity index (χ4v) is 2.49. The topological polar surface area (TPSA) is 29.5 Å². The van der Waals surface area contributed by atoms with Crippen molar-refractivity contribution in [1.29, 1.82) is 0 Å². The number of aliphatic hydroxyl groups excluding tert-OH is 1. The Morgan fingerprint density at radius 2 is 1.67 bits per heavy atom. The molecular formula is C15H12Cl2F2O2. The molecule has 0 heterocycles. The fraction of sp³-hybridized carbons (Fsp3) is 0.200. The van der Waals surface area contributed by atoms with Gasteiger partial charge >= 0.3 is 6.61 Å². The van der Waals surface area contributed by atoms with E-state index in [0.717, 1.165) is 0 Å². The molecule has 1 atom stereocenters. The molecule has 0 aliphatic carbocycles. The zero-order chi connectivity index (χ0) is 15.4. The number of hydrogen-bond acceptors (Lipinski definition) is 2. The molecule has 2 rings (SSSR count). The first-order chi connectivity index (χ1) is 9.97. The average Bonchev–Trinajstić information content (AvgIpc) is 2.42. The van der Waals surface area contributed by atoms with Crippen LogP contribution in [0.15, 0.2) is 42.5 Å². The van der Waals surface area contributed by atoms with Gasteiger partial charge in [-0.15, -0.1) is 0 Å². The highest BCUT2D eigenvalue weighted by Crippen LogP contribution is 2.30. The molecule has 21 heavy (non-hydrogen) atoms. The molecule has 0 aliphatic rings. The number of benzene rings is 2. The van der Waals surface area contributed by atoms with Gasteiger partial charge in [0.15, 0.2) is 0 Å². The highest BCUT2D eigenvalue weighted by atomic mass is 35.5. The molecule has 0 radical (unpaired) electrons. The summed E-state index contributed by atoms with van der Waals surface area (Å²) in [4.78, 5) is 0. The zero-order valence-electron chi connectivity index (χ0n) is 10.8. The van der Waals surface area contributed by atoms with Gasteiger partial charge in [0.25, 0.3) is 0 Å². The molecule has 2 aromatic rings. The lowest BCUT2D eigenvalue weighted by atomic mass is 10.0. The summed E-state index contributed by atoms with van der Waals surface area (Å²) < 4.78 is 28.7. The Morgan fingerprint density at radius 1 is 1.05 bits per heavy atom. The van der Waals surface area contributed by atoms with Crippen LogP contribution in [0.4, 0.5) is 8.78 Å². The monoisotopic (exact) mass is 332 g/mol. The normalized spacial score (nSPS) is 12.5. The quantitative estimate of drug-likeness (QED) is 0.846. The third kappa shape index (κ3) is 4.30. The van der Waals surface area contributed by atoms with E-state index in [1.165, 1.54) is 18.2 Å². The van der Waals surface area contributed by atoms with Crippen molar-refractivity contribution in [1.82, 2.24) is 0 Å². The van der Waals surface area contributed by atoms with Crippen LogP contribution in [-0.2, 0) is 6.42 Å². The van der Waals surface area contributed by atoms with Gasteiger partial charge in [-0.1, -0.05) is 41.4 Å². The van der Waals surface area contributed by atoms with Gasteiger partial charge in [0.2, 0.25) is 0 Å². The van der Waals surface area contributed by atoms with Gasteiger partial charge in [-0.2, -0.15) is 8.78 Å². The second kappa shape index (κ2) is 7.07. The Hall–Kier alpha value is -1.36. The zero-order valence-corrected chi connectivity index (χ0v) is 12.3. The number of ether oxygens (including phenoxy) is 1. The first-order valence-corrected chi connectivity index (χ1v) is 6.88. The van der Waals surface area contributed by atoms with Crippen molar-refractivity contribution in [2.75, 3.05) is 0 Å². The third-order valence-electron chi connectivity index (χ3n) is 2.93. The highest BCUT2D eigenvalue weighted by molar-refractivity contribution is 6.36. The summed E-state index contributed by atoms with van der Waals surface area (Å²) in [6.07, 6.45) is -0.750. The molecule has 0 bridgehead atoms. The summed E-state index contributed by atoms with van der Waals surface area (Å²) in [6, 6.07) is 11.0. The van der Waals surface area contributed by atoms with E-state index in [0.29, 0.717) is 21.2 Å². The Bertz CT molecular complexity index is 600. The maximum absolute atomic E-state index is 12.2. The second-order valence-electron chi connectivity index (χ2n) is 4.37. The number of aliphatic hydroxyl groups is 1. The van der Waals surface area contributed by atoms with Gasteiger partial charge in [-0.25, -0.2) is 0 Å². The summed E-state index contributed by atoms with van der Waals surface area (Å²) in [6.45, 7) is -2.91. The van der Waals surface area contributed by atoms with E-state index in [4.69, 9.17) is 23.2 Å². The Morgan fingerprint density at radius 3 is 2.29 bits per heavy atom. The van der Waals surface area contributed by atoms with E-state index < -0.39 is 12.7 Å². The summed E-state index contributed by atoms with van der Waals surface area (Å²) in [7, 11) is 0. The highest BCUT2D eigenvalue weighted by Gasteiger charge is 2.15. The van der Waals surface area contributed by atoms with Crippen molar-refractivity contribution in [3.05, 3.63) is 63.6 Å². The van der Waals surface area contributed by atoms with Crippen LogP contribution < -0.4 is 4.74 Å². The van der Waals surface area contributed by atoms with E-state index in [-0.39, 0.29) is 12.2 Å². The fourth-order valence-electron chi connectivity index (χ4n) is 1.94. The molecule has 0 amide bonds. The van der Waals surface area contributed by atoms with Crippen molar-refractivity contribution < 1.29 is 18.6 Å². The predicted molar refractivity (Wildman–Crippen MR) is 78.2 cm³/mol.